The third-order valence-corrected chi connectivity index (χ3v) is 4.79. The summed E-state index contributed by atoms with van der Waals surface area (Å²) in [6.07, 6.45) is 0. The van der Waals surface area contributed by atoms with Crippen LogP contribution >= 0.6 is 0 Å². The molecule has 1 aromatic carbocycles. The van der Waals surface area contributed by atoms with E-state index in [0.717, 1.165) is 0 Å². The number of anilines is 1. The smallest absolute Gasteiger partial charge is 0.358 e. The number of hydrogen-bond donors (Lipinski definition) is 1. The van der Waals surface area contributed by atoms with Crippen LogP contribution in [0.1, 0.15) is 34.8 Å². The number of amides is 2. The largest absolute Gasteiger partial charge is 0.461 e. The number of ether oxygens (including phenoxy) is 2. The lowest BCUT2D eigenvalue weighted by atomic mass is 9.94. The van der Waals surface area contributed by atoms with E-state index < -0.39 is 29.1 Å². The summed E-state index contributed by atoms with van der Waals surface area (Å²) in [5.41, 5.74) is -1.15. The SMILES string of the molecule is CCOC(=O)c1cc2n(n1)C[C@@](C)(C(=O)NCCOC)N(c1cccc(F)c1)C2=O. The Labute approximate surface area is 172 Å². The lowest BCUT2D eigenvalue weighted by molar-refractivity contribution is -0.126. The van der Waals surface area contributed by atoms with Gasteiger partial charge in [0.2, 0.25) is 5.91 Å². The summed E-state index contributed by atoms with van der Waals surface area (Å²) in [6, 6.07) is 6.74. The summed E-state index contributed by atoms with van der Waals surface area (Å²) in [6.45, 7) is 3.86. The molecule has 0 fully saturated rings. The number of carbonyl (C=O) groups excluding carboxylic acids is 3. The van der Waals surface area contributed by atoms with Crippen LogP contribution in [0.4, 0.5) is 10.1 Å². The number of carbonyl (C=O) groups is 3. The van der Waals surface area contributed by atoms with E-state index in [2.05, 4.69) is 10.4 Å². The van der Waals surface area contributed by atoms with E-state index in [0.29, 0.717) is 0 Å². The van der Waals surface area contributed by atoms with Crippen molar-refractivity contribution in [2.24, 2.45) is 0 Å². The average Bonchev–Trinajstić information content (AvgIpc) is 3.12. The Bertz CT molecular complexity index is 976. The van der Waals surface area contributed by atoms with Gasteiger partial charge in [-0.1, -0.05) is 6.07 Å². The number of halogens is 1. The van der Waals surface area contributed by atoms with E-state index in [1.165, 1.54) is 41.0 Å². The molecule has 0 bridgehead atoms. The van der Waals surface area contributed by atoms with Crippen LogP contribution < -0.4 is 10.2 Å². The van der Waals surface area contributed by atoms with Crippen molar-refractivity contribution in [3.63, 3.8) is 0 Å². The van der Waals surface area contributed by atoms with Gasteiger partial charge in [-0.05, 0) is 32.0 Å². The Morgan fingerprint density at radius 2 is 2.10 bits per heavy atom. The second-order valence-electron chi connectivity index (χ2n) is 6.94. The number of hydrogen-bond acceptors (Lipinski definition) is 6. The predicted octanol–water partition coefficient (Wildman–Crippen LogP) is 1.38. The lowest BCUT2D eigenvalue weighted by Crippen LogP contribution is -2.64. The minimum Gasteiger partial charge on any atom is -0.461 e. The molecule has 0 aliphatic carbocycles. The van der Waals surface area contributed by atoms with Gasteiger partial charge >= 0.3 is 5.97 Å². The van der Waals surface area contributed by atoms with Crippen molar-refractivity contribution in [3.05, 3.63) is 47.5 Å². The number of methoxy groups -OCH3 is 1. The molecule has 0 radical (unpaired) electrons. The van der Waals surface area contributed by atoms with Gasteiger partial charge in [0.1, 0.15) is 17.1 Å². The maximum atomic E-state index is 13.9. The zero-order chi connectivity index (χ0) is 21.9. The molecular formula is C20H23FN4O5. The van der Waals surface area contributed by atoms with Gasteiger partial charge in [0.15, 0.2) is 5.69 Å². The number of esters is 1. The Kier molecular flexibility index (Phi) is 6.16. The summed E-state index contributed by atoms with van der Waals surface area (Å²) >= 11 is 0. The Morgan fingerprint density at radius 1 is 1.33 bits per heavy atom. The van der Waals surface area contributed by atoms with Crippen LogP contribution in [0.5, 0.6) is 0 Å². The van der Waals surface area contributed by atoms with Gasteiger partial charge in [0, 0.05) is 25.4 Å². The Morgan fingerprint density at radius 3 is 2.77 bits per heavy atom. The normalized spacial score (nSPS) is 18.1. The minimum atomic E-state index is -1.43. The van der Waals surface area contributed by atoms with Crippen molar-refractivity contribution in [1.29, 1.82) is 0 Å². The molecule has 0 unspecified atom stereocenters. The van der Waals surface area contributed by atoms with Crippen molar-refractivity contribution in [3.8, 4) is 0 Å². The van der Waals surface area contributed by atoms with Gasteiger partial charge in [0.25, 0.3) is 5.91 Å². The quantitative estimate of drug-likeness (QED) is 0.538. The van der Waals surface area contributed by atoms with Crippen molar-refractivity contribution in [2.75, 3.05) is 31.8 Å². The summed E-state index contributed by atoms with van der Waals surface area (Å²) in [7, 11) is 1.50. The van der Waals surface area contributed by atoms with Crippen molar-refractivity contribution < 1.29 is 28.2 Å². The van der Waals surface area contributed by atoms with E-state index in [1.54, 1.807) is 19.9 Å². The topological polar surface area (TPSA) is 103 Å². The standard InChI is InChI=1S/C20H23FN4O5/c1-4-30-18(27)15-11-16-17(26)25(14-7-5-6-13(21)10-14)20(2,12-24(16)23-15)19(28)22-8-9-29-3/h5-7,10-11H,4,8-9,12H2,1-3H3,(H,22,28)/t20-/m0/s1. The van der Waals surface area contributed by atoms with E-state index in [9.17, 15) is 18.8 Å². The van der Waals surface area contributed by atoms with Crippen LogP contribution in [0.25, 0.3) is 0 Å². The fourth-order valence-electron chi connectivity index (χ4n) is 3.36. The van der Waals surface area contributed by atoms with Crippen molar-refractivity contribution in [1.82, 2.24) is 15.1 Å². The first-order chi connectivity index (χ1) is 14.3. The fraction of sp³-hybridized carbons (Fsp3) is 0.400. The van der Waals surface area contributed by atoms with Gasteiger partial charge in [-0.15, -0.1) is 0 Å². The molecule has 1 aromatic heterocycles. The molecule has 2 heterocycles. The molecule has 10 heteroatoms. The van der Waals surface area contributed by atoms with Gasteiger partial charge < -0.3 is 14.8 Å². The Hall–Kier alpha value is -3.27. The zero-order valence-corrected chi connectivity index (χ0v) is 17.0. The molecule has 3 rings (SSSR count). The third-order valence-electron chi connectivity index (χ3n) is 4.79. The molecule has 0 spiro atoms. The maximum Gasteiger partial charge on any atom is 0.358 e. The molecule has 1 aliphatic heterocycles. The van der Waals surface area contributed by atoms with E-state index in [1.807, 2.05) is 0 Å². The highest BCUT2D eigenvalue weighted by Gasteiger charge is 2.49. The molecule has 9 nitrogen and oxygen atoms in total. The molecule has 1 N–H and O–H groups in total. The summed E-state index contributed by atoms with van der Waals surface area (Å²) < 4.78 is 25.1. The fourth-order valence-corrected chi connectivity index (χ4v) is 3.36. The summed E-state index contributed by atoms with van der Waals surface area (Å²) in [5, 5.41) is 6.88. The number of nitrogens with one attached hydrogen (secondary N) is 1. The van der Waals surface area contributed by atoms with Crippen LogP contribution in [0, 0.1) is 5.82 Å². The van der Waals surface area contributed by atoms with Crippen LogP contribution in [-0.2, 0) is 20.8 Å². The van der Waals surface area contributed by atoms with E-state index in [-0.39, 0.29) is 43.4 Å². The number of aromatic nitrogens is 2. The van der Waals surface area contributed by atoms with E-state index in [4.69, 9.17) is 9.47 Å². The van der Waals surface area contributed by atoms with Gasteiger partial charge in [-0.25, -0.2) is 9.18 Å². The monoisotopic (exact) mass is 418 g/mol. The van der Waals surface area contributed by atoms with Crippen LogP contribution in [0.2, 0.25) is 0 Å². The van der Waals surface area contributed by atoms with Crippen LogP contribution in [0.3, 0.4) is 0 Å². The number of nitrogens with zero attached hydrogens (tertiary/aromatic N) is 3. The lowest BCUT2D eigenvalue weighted by Gasteiger charge is -2.43. The second-order valence-corrected chi connectivity index (χ2v) is 6.94. The minimum absolute atomic E-state index is 0.0385. The Balaban J connectivity index is 2.06. The van der Waals surface area contributed by atoms with Crippen LogP contribution in [0.15, 0.2) is 30.3 Å². The summed E-state index contributed by atoms with van der Waals surface area (Å²) in [4.78, 5) is 39.7. The molecule has 0 saturated carbocycles. The van der Waals surface area contributed by atoms with Crippen molar-refractivity contribution >= 4 is 23.5 Å². The highest BCUT2D eigenvalue weighted by atomic mass is 19.1. The average molecular weight is 418 g/mol. The molecule has 1 atom stereocenters. The van der Waals surface area contributed by atoms with Gasteiger partial charge in [0.05, 0.1) is 19.8 Å². The molecule has 160 valence electrons. The van der Waals surface area contributed by atoms with Crippen LogP contribution in [-0.4, -0.2) is 60.0 Å². The number of benzene rings is 1. The number of rotatable bonds is 7. The summed E-state index contributed by atoms with van der Waals surface area (Å²) in [5.74, 6) is -2.26. The highest BCUT2D eigenvalue weighted by molar-refractivity contribution is 6.12. The number of fused-ring (bicyclic) bond motifs is 1. The molecule has 2 aromatic rings. The highest BCUT2D eigenvalue weighted by Crippen LogP contribution is 2.33. The first-order valence-corrected chi connectivity index (χ1v) is 9.44. The first kappa shape index (κ1) is 21.4. The van der Waals surface area contributed by atoms with Gasteiger partial charge in [-0.3, -0.25) is 19.2 Å². The van der Waals surface area contributed by atoms with Crippen molar-refractivity contribution in [2.45, 2.75) is 25.9 Å². The van der Waals surface area contributed by atoms with E-state index >= 15 is 0 Å². The molecular weight excluding hydrogens is 395 g/mol. The zero-order valence-electron chi connectivity index (χ0n) is 17.0. The molecule has 2 amide bonds. The van der Waals surface area contributed by atoms with Gasteiger partial charge in [-0.2, -0.15) is 5.10 Å². The predicted molar refractivity (Wildman–Crippen MR) is 105 cm³/mol. The second kappa shape index (κ2) is 8.62. The molecule has 0 saturated heterocycles. The first-order valence-electron chi connectivity index (χ1n) is 9.44. The molecule has 1 aliphatic rings. The molecule has 30 heavy (non-hydrogen) atoms. The maximum absolute atomic E-state index is 13.9. The third kappa shape index (κ3) is 3.90.